The summed E-state index contributed by atoms with van der Waals surface area (Å²) in [5, 5.41) is 9.92. The molecule has 4 nitrogen and oxygen atoms in total. The predicted octanol–water partition coefficient (Wildman–Crippen LogP) is 8.74. The van der Waals surface area contributed by atoms with Crippen LogP contribution in [0.3, 0.4) is 0 Å². The Morgan fingerprint density at radius 2 is 1.31 bits per heavy atom. The van der Waals surface area contributed by atoms with Gasteiger partial charge in [0.05, 0.1) is 18.8 Å². The van der Waals surface area contributed by atoms with Crippen LogP contribution in [0.2, 0.25) is 0 Å². The number of unbranched alkanes of at least 4 members (excludes halogenated alkanes) is 15. The van der Waals surface area contributed by atoms with Crippen LogP contribution in [0.25, 0.3) is 0 Å². The Morgan fingerprint density at radius 3 is 1.83 bits per heavy atom. The third-order valence-corrected chi connectivity index (χ3v) is 7.55. The highest BCUT2D eigenvalue weighted by Gasteiger charge is 2.39. The fourth-order valence-corrected chi connectivity index (χ4v) is 5.20. The van der Waals surface area contributed by atoms with Crippen molar-refractivity contribution in [2.24, 2.45) is 0 Å². The first-order chi connectivity index (χ1) is 17.7. The van der Waals surface area contributed by atoms with Gasteiger partial charge in [0.1, 0.15) is 0 Å². The molecule has 0 radical (unpaired) electrons. The zero-order chi connectivity index (χ0) is 25.6. The maximum absolute atomic E-state index is 9.92. The van der Waals surface area contributed by atoms with Crippen molar-refractivity contribution < 1.29 is 19.3 Å². The van der Waals surface area contributed by atoms with Crippen LogP contribution in [0, 0.1) is 0 Å². The molecule has 1 heterocycles. The molecule has 1 aromatic rings. The Labute approximate surface area is 222 Å². The van der Waals surface area contributed by atoms with E-state index < -0.39 is 11.9 Å². The highest BCUT2D eigenvalue weighted by Crippen LogP contribution is 2.33. The van der Waals surface area contributed by atoms with E-state index >= 15 is 0 Å². The van der Waals surface area contributed by atoms with E-state index in [9.17, 15) is 5.11 Å². The smallest absolute Gasteiger partial charge is 0.155 e. The van der Waals surface area contributed by atoms with Gasteiger partial charge in [-0.3, -0.25) is 0 Å². The number of aliphatic hydroxyl groups is 1. The monoisotopic (exact) mass is 504 g/mol. The standard InChI is InChI=1S/C32H56O4/c1-2-3-4-5-6-7-8-9-10-11-12-13-14-15-16-20-26-34-27-25-32(24-23-31(33)36-32)29-35-28-30-21-18-17-19-22-30/h17-19,21-22,31,33H,2-16,20,23-29H2,1H3. The molecule has 2 atom stereocenters. The van der Waals surface area contributed by atoms with Gasteiger partial charge in [-0.2, -0.15) is 0 Å². The van der Waals surface area contributed by atoms with E-state index in [1.807, 2.05) is 18.2 Å². The second-order valence-corrected chi connectivity index (χ2v) is 10.9. The quantitative estimate of drug-likeness (QED) is 0.143. The van der Waals surface area contributed by atoms with E-state index in [4.69, 9.17) is 14.2 Å². The lowest BCUT2D eigenvalue weighted by Gasteiger charge is -2.28. The summed E-state index contributed by atoms with van der Waals surface area (Å²) in [6, 6.07) is 10.2. The molecule has 1 aliphatic rings. The van der Waals surface area contributed by atoms with Gasteiger partial charge in [-0.05, 0) is 18.4 Å². The molecule has 1 saturated heterocycles. The third kappa shape index (κ3) is 15.3. The maximum atomic E-state index is 9.92. The summed E-state index contributed by atoms with van der Waals surface area (Å²) in [4.78, 5) is 0. The average Bonchev–Trinajstić information content (AvgIpc) is 3.26. The van der Waals surface area contributed by atoms with Gasteiger partial charge in [-0.25, -0.2) is 0 Å². The van der Waals surface area contributed by atoms with Crippen LogP contribution in [-0.2, 0) is 20.8 Å². The molecule has 0 spiro atoms. The number of benzene rings is 1. The summed E-state index contributed by atoms with van der Waals surface area (Å²) in [7, 11) is 0. The van der Waals surface area contributed by atoms with E-state index in [2.05, 4.69) is 19.1 Å². The summed E-state index contributed by atoms with van der Waals surface area (Å²) in [6.07, 6.45) is 23.8. The van der Waals surface area contributed by atoms with Gasteiger partial charge in [0.2, 0.25) is 0 Å². The number of rotatable bonds is 24. The van der Waals surface area contributed by atoms with Crippen molar-refractivity contribution in [3.8, 4) is 0 Å². The molecule has 0 amide bonds. The van der Waals surface area contributed by atoms with Gasteiger partial charge in [0, 0.05) is 26.1 Å². The van der Waals surface area contributed by atoms with Crippen molar-refractivity contribution in [1.29, 1.82) is 0 Å². The molecule has 1 N–H and O–H groups in total. The van der Waals surface area contributed by atoms with Crippen LogP contribution in [0.1, 0.15) is 134 Å². The van der Waals surface area contributed by atoms with Crippen molar-refractivity contribution in [1.82, 2.24) is 0 Å². The summed E-state index contributed by atoms with van der Waals surface area (Å²) in [6.45, 7) is 4.85. The Bertz CT molecular complexity index is 607. The van der Waals surface area contributed by atoms with Gasteiger partial charge >= 0.3 is 0 Å². The van der Waals surface area contributed by atoms with Crippen molar-refractivity contribution in [3.05, 3.63) is 35.9 Å². The summed E-state index contributed by atoms with van der Waals surface area (Å²) in [5.74, 6) is 0. The molecule has 1 fully saturated rings. The zero-order valence-electron chi connectivity index (χ0n) is 23.4. The molecule has 1 aliphatic heterocycles. The second kappa shape index (κ2) is 21.0. The summed E-state index contributed by atoms with van der Waals surface area (Å²) < 4.78 is 17.8. The van der Waals surface area contributed by atoms with Gasteiger partial charge in [-0.1, -0.05) is 134 Å². The molecule has 2 unspecified atom stereocenters. The number of aliphatic hydroxyl groups excluding tert-OH is 1. The average molecular weight is 505 g/mol. The Morgan fingerprint density at radius 1 is 0.750 bits per heavy atom. The van der Waals surface area contributed by atoms with E-state index in [0.29, 0.717) is 26.2 Å². The Balaban J connectivity index is 1.37. The SMILES string of the molecule is CCCCCCCCCCCCCCCCCCOCCC1(COCc2ccccc2)CCC(O)O1. The van der Waals surface area contributed by atoms with E-state index in [1.165, 1.54) is 96.3 Å². The largest absolute Gasteiger partial charge is 0.381 e. The molecule has 208 valence electrons. The Kier molecular flexibility index (Phi) is 18.3. The van der Waals surface area contributed by atoms with Gasteiger partial charge < -0.3 is 19.3 Å². The van der Waals surface area contributed by atoms with Crippen LogP contribution in [0.4, 0.5) is 0 Å². The highest BCUT2D eigenvalue weighted by atomic mass is 16.6. The normalized spacial score (nSPS) is 19.8. The minimum Gasteiger partial charge on any atom is -0.381 e. The fourth-order valence-electron chi connectivity index (χ4n) is 5.20. The molecule has 1 aromatic carbocycles. The molecule has 36 heavy (non-hydrogen) atoms. The third-order valence-electron chi connectivity index (χ3n) is 7.55. The topological polar surface area (TPSA) is 47.9 Å². The van der Waals surface area contributed by atoms with E-state index in [0.717, 1.165) is 31.4 Å². The lowest BCUT2D eigenvalue weighted by molar-refractivity contribution is -0.168. The first-order valence-electron chi connectivity index (χ1n) is 15.3. The van der Waals surface area contributed by atoms with Gasteiger partial charge in [0.15, 0.2) is 6.29 Å². The first-order valence-corrected chi connectivity index (χ1v) is 15.3. The zero-order valence-corrected chi connectivity index (χ0v) is 23.4. The lowest BCUT2D eigenvalue weighted by Crippen LogP contribution is -2.36. The highest BCUT2D eigenvalue weighted by molar-refractivity contribution is 5.13. The summed E-state index contributed by atoms with van der Waals surface area (Å²) >= 11 is 0. The number of hydrogen-bond acceptors (Lipinski definition) is 4. The minimum atomic E-state index is -0.675. The van der Waals surface area contributed by atoms with Crippen LogP contribution < -0.4 is 0 Å². The molecule has 0 bridgehead atoms. The van der Waals surface area contributed by atoms with E-state index in [-0.39, 0.29) is 0 Å². The molecule has 4 heteroatoms. The molecule has 0 aliphatic carbocycles. The van der Waals surface area contributed by atoms with Crippen molar-refractivity contribution in [2.45, 2.75) is 147 Å². The molecular weight excluding hydrogens is 448 g/mol. The molecule has 0 aromatic heterocycles. The second-order valence-electron chi connectivity index (χ2n) is 10.9. The van der Waals surface area contributed by atoms with Crippen LogP contribution in [-0.4, -0.2) is 36.8 Å². The van der Waals surface area contributed by atoms with Gasteiger partial charge in [0.25, 0.3) is 0 Å². The molecular formula is C32H56O4. The number of hydrogen-bond donors (Lipinski definition) is 1. The molecule has 0 saturated carbocycles. The van der Waals surface area contributed by atoms with Crippen molar-refractivity contribution in [3.63, 3.8) is 0 Å². The first kappa shape index (κ1) is 31.3. The van der Waals surface area contributed by atoms with Gasteiger partial charge in [-0.15, -0.1) is 0 Å². The molecule has 2 rings (SSSR count). The van der Waals surface area contributed by atoms with Crippen molar-refractivity contribution in [2.75, 3.05) is 19.8 Å². The van der Waals surface area contributed by atoms with E-state index in [1.54, 1.807) is 0 Å². The van der Waals surface area contributed by atoms with Crippen LogP contribution >= 0.6 is 0 Å². The lowest BCUT2D eigenvalue weighted by atomic mass is 9.97. The predicted molar refractivity (Wildman–Crippen MR) is 150 cm³/mol. The minimum absolute atomic E-state index is 0.414. The van der Waals surface area contributed by atoms with Crippen LogP contribution in [0.5, 0.6) is 0 Å². The summed E-state index contributed by atoms with van der Waals surface area (Å²) in [5.41, 5.74) is 0.744. The van der Waals surface area contributed by atoms with Crippen LogP contribution in [0.15, 0.2) is 30.3 Å². The Hall–Kier alpha value is -0.940. The van der Waals surface area contributed by atoms with Crippen molar-refractivity contribution >= 4 is 0 Å². The maximum Gasteiger partial charge on any atom is 0.155 e. The fraction of sp³-hybridized carbons (Fsp3) is 0.812. The number of ether oxygens (including phenoxy) is 3.